The fraction of sp³-hybridized carbons (Fsp3) is 0. The van der Waals surface area contributed by atoms with Gasteiger partial charge in [0.15, 0.2) is 0 Å². The van der Waals surface area contributed by atoms with Crippen LogP contribution in [0.1, 0.15) is 0 Å². The molecule has 2 rings (SSSR count). The van der Waals surface area contributed by atoms with Crippen molar-refractivity contribution in [3.8, 4) is 16.9 Å². The second kappa shape index (κ2) is 4.95. The first-order valence-corrected chi connectivity index (χ1v) is 6.14. The summed E-state index contributed by atoms with van der Waals surface area (Å²) in [5, 5.41) is 10.9. The van der Waals surface area contributed by atoms with Gasteiger partial charge in [-0.05, 0) is 24.3 Å². The maximum atomic E-state index is 9.45. The number of halogens is 4. The second-order valence-corrected chi connectivity index (χ2v) is 4.96. The molecule has 0 saturated heterocycles. The van der Waals surface area contributed by atoms with Gasteiger partial charge in [-0.15, -0.1) is 0 Å². The lowest BCUT2D eigenvalue weighted by Gasteiger charge is -2.09. The van der Waals surface area contributed by atoms with Gasteiger partial charge < -0.3 is 5.11 Å². The highest BCUT2D eigenvalue weighted by atomic mass is 35.5. The minimum atomic E-state index is 0.103. The molecule has 0 atom stereocenters. The molecule has 0 aliphatic carbocycles. The van der Waals surface area contributed by atoms with Crippen molar-refractivity contribution in [3.05, 3.63) is 50.4 Å². The summed E-state index contributed by atoms with van der Waals surface area (Å²) < 4.78 is 0. The van der Waals surface area contributed by atoms with Crippen molar-refractivity contribution in [1.82, 2.24) is 0 Å². The molecule has 0 radical (unpaired) electrons. The van der Waals surface area contributed by atoms with Crippen LogP contribution in [0.25, 0.3) is 11.1 Å². The predicted octanol–water partition coefficient (Wildman–Crippen LogP) is 5.67. The Balaban J connectivity index is 2.69. The Kier molecular flexibility index (Phi) is 3.74. The minimum Gasteiger partial charge on any atom is -0.508 e. The number of phenolic OH excluding ortho intramolecular Hbond substituents is 1. The van der Waals surface area contributed by atoms with Crippen molar-refractivity contribution in [3.63, 3.8) is 0 Å². The molecule has 88 valence electrons. The van der Waals surface area contributed by atoms with E-state index in [0.29, 0.717) is 26.2 Å². The normalized spacial score (nSPS) is 10.6. The van der Waals surface area contributed by atoms with Crippen LogP contribution in [0, 0.1) is 0 Å². The Morgan fingerprint density at radius 3 is 2.06 bits per heavy atom. The number of hydrogen-bond donors (Lipinski definition) is 1. The molecule has 0 amide bonds. The fourth-order valence-electron chi connectivity index (χ4n) is 1.45. The molecule has 17 heavy (non-hydrogen) atoms. The van der Waals surface area contributed by atoms with E-state index in [4.69, 9.17) is 46.4 Å². The van der Waals surface area contributed by atoms with Crippen molar-refractivity contribution < 1.29 is 5.11 Å². The Labute approximate surface area is 118 Å². The van der Waals surface area contributed by atoms with Crippen LogP contribution in [0.4, 0.5) is 0 Å². The van der Waals surface area contributed by atoms with E-state index in [9.17, 15) is 5.11 Å². The van der Waals surface area contributed by atoms with Crippen molar-refractivity contribution in [2.45, 2.75) is 0 Å². The molecule has 0 aliphatic rings. The lowest BCUT2D eigenvalue weighted by Crippen LogP contribution is -1.83. The van der Waals surface area contributed by atoms with Crippen LogP contribution < -0.4 is 0 Å². The van der Waals surface area contributed by atoms with Gasteiger partial charge in [-0.2, -0.15) is 0 Å². The highest BCUT2D eigenvalue weighted by Gasteiger charge is 2.13. The van der Waals surface area contributed by atoms with Crippen molar-refractivity contribution in [2.24, 2.45) is 0 Å². The molecule has 0 aromatic heterocycles. The SMILES string of the molecule is Oc1ccc(Cl)c(-c2ccc(Cl)c(Cl)c2Cl)c1. The Morgan fingerprint density at radius 1 is 0.706 bits per heavy atom. The van der Waals surface area contributed by atoms with Crippen LogP contribution in [-0.4, -0.2) is 5.11 Å². The zero-order chi connectivity index (χ0) is 12.6. The van der Waals surface area contributed by atoms with Crippen molar-refractivity contribution >= 4 is 46.4 Å². The molecule has 0 fully saturated rings. The van der Waals surface area contributed by atoms with Gasteiger partial charge >= 0.3 is 0 Å². The molecular weight excluding hydrogens is 302 g/mol. The molecule has 2 aromatic rings. The van der Waals surface area contributed by atoms with E-state index in [-0.39, 0.29) is 10.8 Å². The maximum Gasteiger partial charge on any atom is 0.116 e. The first kappa shape index (κ1) is 12.8. The zero-order valence-corrected chi connectivity index (χ0v) is 11.4. The van der Waals surface area contributed by atoms with Crippen molar-refractivity contribution in [1.29, 1.82) is 0 Å². The number of phenols is 1. The molecule has 0 heterocycles. The molecule has 0 spiro atoms. The molecule has 0 saturated carbocycles. The quantitative estimate of drug-likeness (QED) is 0.673. The molecular formula is C12H6Cl4O. The first-order valence-electron chi connectivity index (χ1n) is 4.63. The average Bonchev–Trinajstić information content (AvgIpc) is 2.30. The monoisotopic (exact) mass is 306 g/mol. The largest absolute Gasteiger partial charge is 0.508 e. The summed E-state index contributed by atoms with van der Waals surface area (Å²) in [4.78, 5) is 0. The van der Waals surface area contributed by atoms with E-state index in [1.54, 1.807) is 18.2 Å². The van der Waals surface area contributed by atoms with E-state index in [1.165, 1.54) is 12.1 Å². The van der Waals surface area contributed by atoms with Gasteiger partial charge in [0.25, 0.3) is 0 Å². The molecule has 0 unspecified atom stereocenters. The molecule has 0 aliphatic heterocycles. The average molecular weight is 308 g/mol. The third kappa shape index (κ3) is 2.48. The summed E-state index contributed by atoms with van der Waals surface area (Å²) in [6.45, 7) is 0. The molecule has 2 aromatic carbocycles. The van der Waals surface area contributed by atoms with Gasteiger partial charge in [-0.1, -0.05) is 52.5 Å². The number of benzene rings is 2. The third-order valence-corrected chi connectivity index (χ3v) is 3.90. The Bertz CT molecular complexity index is 581. The van der Waals surface area contributed by atoms with Gasteiger partial charge in [-0.25, -0.2) is 0 Å². The maximum absolute atomic E-state index is 9.45. The summed E-state index contributed by atoms with van der Waals surface area (Å²) in [6, 6.07) is 7.94. The predicted molar refractivity (Wildman–Crippen MR) is 73.6 cm³/mol. The van der Waals surface area contributed by atoms with Gasteiger partial charge in [0.2, 0.25) is 0 Å². The highest BCUT2D eigenvalue weighted by molar-refractivity contribution is 6.49. The summed E-state index contributed by atoms with van der Waals surface area (Å²) >= 11 is 24.0. The Morgan fingerprint density at radius 2 is 1.35 bits per heavy atom. The van der Waals surface area contributed by atoms with Crippen LogP contribution in [0.2, 0.25) is 20.1 Å². The Hall–Kier alpha value is -0.600. The van der Waals surface area contributed by atoms with Crippen molar-refractivity contribution in [2.75, 3.05) is 0 Å². The zero-order valence-electron chi connectivity index (χ0n) is 8.35. The van der Waals surface area contributed by atoms with E-state index < -0.39 is 0 Å². The minimum absolute atomic E-state index is 0.103. The standard InChI is InChI=1S/C12H6Cl4O/c13-9-3-1-6(17)5-8(9)7-2-4-10(14)12(16)11(7)15/h1-5,17H. The van der Waals surface area contributed by atoms with Crippen LogP contribution in [0.15, 0.2) is 30.3 Å². The number of rotatable bonds is 1. The van der Waals surface area contributed by atoms with E-state index in [1.807, 2.05) is 0 Å². The molecule has 1 nitrogen and oxygen atoms in total. The lowest BCUT2D eigenvalue weighted by atomic mass is 10.1. The summed E-state index contributed by atoms with van der Waals surface area (Å²) in [6.07, 6.45) is 0. The molecule has 0 bridgehead atoms. The summed E-state index contributed by atoms with van der Waals surface area (Å²) in [7, 11) is 0. The lowest BCUT2D eigenvalue weighted by molar-refractivity contribution is 0.475. The summed E-state index contributed by atoms with van der Waals surface area (Å²) in [5.74, 6) is 0.103. The van der Waals surface area contributed by atoms with Crippen LogP contribution in [0.5, 0.6) is 5.75 Å². The smallest absolute Gasteiger partial charge is 0.116 e. The van der Waals surface area contributed by atoms with Gasteiger partial charge in [0.05, 0.1) is 15.1 Å². The highest BCUT2D eigenvalue weighted by Crippen LogP contribution is 2.41. The molecule has 5 heteroatoms. The fourth-order valence-corrected chi connectivity index (χ4v) is 2.31. The number of aromatic hydroxyl groups is 1. The van der Waals surface area contributed by atoms with E-state index in [2.05, 4.69) is 0 Å². The van der Waals surface area contributed by atoms with Crippen LogP contribution in [-0.2, 0) is 0 Å². The number of hydrogen-bond acceptors (Lipinski definition) is 1. The summed E-state index contributed by atoms with van der Waals surface area (Å²) in [5.41, 5.74) is 1.23. The van der Waals surface area contributed by atoms with Crippen LogP contribution >= 0.6 is 46.4 Å². The van der Waals surface area contributed by atoms with E-state index in [0.717, 1.165) is 0 Å². The third-order valence-electron chi connectivity index (χ3n) is 2.28. The van der Waals surface area contributed by atoms with Gasteiger partial charge in [-0.3, -0.25) is 0 Å². The second-order valence-electron chi connectivity index (χ2n) is 3.39. The first-order chi connectivity index (χ1) is 8.00. The van der Waals surface area contributed by atoms with E-state index >= 15 is 0 Å². The topological polar surface area (TPSA) is 20.2 Å². The van der Waals surface area contributed by atoms with Crippen LogP contribution in [0.3, 0.4) is 0 Å². The van der Waals surface area contributed by atoms with Gasteiger partial charge in [0, 0.05) is 16.1 Å². The molecule has 1 N–H and O–H groups in total. The van der Waals surface area contributed by atoms with Gasteiger partial charge in [0.1, 0.15) is 5.75 Å².